The van der Waals surface area contributed by atoms with Gasteiger partial charge in [0.05, 0.1) is 5.88 Å². The van der Waals surface area contributed by atoms with E-state index >= 15 is 0 Å². The van der Waals surface area contributed by atoms with E-state index in [4.69, 9.17) is 16.0 Å². The molecule has 1 aromatic rings. The summed E-state index contributed by atoms with van der Waals surface area (Å²) in [5.74, 6) is 1.32. The first kappa shape index (κ1) is 13.1. The first-order chi connectivity index (χ1) is 8.04. The molecule has 0 atom stereocenters. The van der Waals surface area contributed by atoms with Crippen molar-refractivity contribution in [1.29, 1.82) is 0 Å². The van der Waals surface area contributed by atoms with Gasteiger partial charge >= 0.3 is 0 Å². The van der Waals surface area contributed by atoms with Crippen molar-refractivity contribution >= 4 is 32.4 Å². The van der Waals surface area contributed by atoms with Gasteiger partial charge in [-0.25, -0.2) is 8.42 Å². The van der Waals surface area contributed by atoms with Crippen LogP contribution < -0.4 is 0 Å². The van der Waals surface area contributed by atoms with Crippen molar-refractivity contribution < 1.29 is 17.0 Å². The van der Waals surface area contributed by atoms with Gasteiger partial charge in [0, 0.05) is 35.4 Å². The number of nitrogens with zero attached hydrogens (tertiary/aromatic N) is 1. The van der Waals surface area contributed by atoms with E-state index in [2.05, 4.69) is 0 Å². The van der Waals surface area contributed by atoms with Crippen molar-refractivity contribution in [2.24, 2.45) is 0 Å². The highest BCUT2D eigenvalue weighted by Crippen LogP contribution is 2.20. The Bertz CT molecular complexity index is 515. The van der Waals surface area contributed by atoms with Crippen LogP contribution in [0.25, 0.3) is 0 Å². The van der Waals surface area contributed by atoms with Crippen molar-refractivity contribution in [2.75, 3.05) is 24.6 Å². The van der Waals surface area contributed by atoms with Crippen LogP contribution in [0.3, 0.4) is 0 Å². The Morgan fingerprint density at radius 3 is 2.53 bits per heavy atom. The van der Waals surface area contributed by atoms with Crippen LogP contribution >= 0.6 is 11.6 Å². The largest absolute Gasteiger partial charge is 0.447 e. The smallest absolute Gasteiger partial charge is 0.276 e. The summed E-state index contributed by atoms with van der Waals surface area (Å²) in [6, 6.07) is 2.95. The quantitative estimate of drug-likeness (QED) is 0.773. The van der Waals surface area contributed by atoms with Crippen LogP contribution in [0.1, 0.15) is 5.76 Å². The van der Waals surface area contributed by atoms with Crippen LogP contribution in [0.15, 0.2) is 21.6 Å². The molecule has 8 heteroatoms. The van der Waals surface area contributed by atoms with Gasteiger partial charge in [-0.05, 0) is 12.1 Å². The summed E-state index contributed by atoms with van der Waals surface area (Å²) in [6.45, 7) is 0.539. The van der Waals surface area contributed by atoms with E-state index in [0.717, 1.165) is 0 Å². The lowest BCUT2D eigenvalue weighted by atomic mass is 10.5. The van der Waals surface area contributed by atoms with Gasteiger partial charge < -0.3 is 4.42 Å². The zero-order valence-electron chi connectivity index (χ0n) is 8.96. The minimum atomic E-state index is -3.60. The number of furan rings is 1. The number of hydrogen-bond donors (Lipinski definition) is 0. The highest BCUT2D eigenvalue weighted by atomic mass is 35.5. The molecule has 2 heterocycles. The molecule has 0 aromatic carbocycles. The first-order valence-corrected chi connectivity index (χ1v) is 8.50. The van der Waals surface area contributed by atoms with Crippen LogP contribution in [0, 0.1) is 0 Å². The van der Waals surface area contributed by atoms with Crippen molar-refractivity contribution in [3.8, 4) is 0 Å². The molecule has 0 bridgehead atoms. The maximum absolute atomic E-state index is 12.1. The van der Waals surface area contributed by atoms with E-state index in [1.807, 2.05) is 0 Å². The minimum Gasteiger partial charge on any atom is -0.447 e. The van der Waals surface area contributed by atoms with Gasteiger partial charge in [0.2, 0.25) is 5.09 Å². The fourth-order valence-electron chi connectivity index (χ4n) is 1.56. The molecule has 1 saturated heterocycles. The molecule has 1 fully saturated rings. The van der Waals surface area contributed by atoms with E-state index in [-0.39, 0.29) is 24.1 Å². The van der Waals surface area contributed by atoms with Crippen molar-refractivity contribution in [3.05, 3.63) is 17.9 Å². The predicted octanol–water partition coefficient (Wildman–Crippen LogP) is 0.771. The number of rotatable bonds is 3. The van der Waals surface area contributed by atoms with Gasteiger partial charge in [-0.3, -0.25) is 4.21 Å². The normalized spacial score (nSPS) is 19.6. The second-order valence-electron chi connectivity index (χ2n) is 3.61. The SMILES string of the molecule is O=S1CCN(S(=O)(=O)c2ccc(CCl)o2)CC1. The van der Waals surface area contributed by atoms with Gasteiger partial charge in [0.15, 0.2) is 0 Å². The van der Waals surface area contributed by atoms with Crippen LogP contribution in [0.2, 0.25) is 0 Å². The van der Waals surface area contributed by atoms with Crippen molar-refractivity contribution in [3.63, 3.8) is 0 Å². The van der Waals surface area contributed by atoms with Crippen LogP contribution in [0.5, 0.6) is 0 Å². The molecule has 0 unspecified atom stereocenters. The van der Waals surface area contributed by atoms with Crippen LogP contribution in [-0.4, -0.2) is 41.5 Å². The third-order valence-corrected chi connectivity index (χ3v) is 5.81. The highest BCUT2D eigenvalue weighted by molar-refractivity contribution is 7.89. The number of sulfonamides is 1. The number of hydrogen-bond acceptors (Lipinski definition) is 4. The Morgan fingerprint density at radius 1 is 1.35 bits per heavy atom. The molecule has 1 aromatic heterocycles. The van der Waals surface area contributed by atoms with Crippen molar-refractivity contribution in [2.45, 2.75) is 11.0 Å². The average molecular weight is 298 g/mol. The number of halogens is 1. The maximum Gasteiger partial charge on any atom is 0.276 e. The maximum atomic E-state index is 12.1. The van der Waals surface area contributed by atoms with Gasteiger partial charge in [-0.15, -0.1) is 11.6 Å². The zero-order chi connectivity index (χ0) is 12.5. The third kappa shape index (κ3) is 2.73. The highest BCUT2D eigenvalue weighted by Gasteiger charge is 2.30. The predicted molar refractivity (Wildman–Crippen MR) is 64.9 cm³/mol. The molecular weight excluding hydrogens is 286 g/mol. The number of alkyl halides is 1. The minimum absolute atomic E-state index is 0.0965. The second kappa shape index (κ2) is 5.09. The first-order valence-electron chi connectivity index (χ1n) is 5.04. The lowest BCUT2D eigenvalue weighted by Crippen LogP contribution is -2.41. The Hall–Kier alpha value is -0.370. The van der Waals surface area contributed by atoms with E-state index in [1.54, 1.807) is 6.07 Å². The Balaban J connectivity index is 2.21. The molecule has 5 nitrogen and oxygen atoms in total. The summed E-state index contributed by atoms with van der Waals surface area (Å²) >= 11 is 5.55. The summed E-state index contributed by atoms with van der Waals surface area (Å²) in [5, 5.41) is -0.0965. The van der Waals surface area contributed by atoms with E-state index in [9.17, 15) is 12.6 Å². The Kier molecular flexibility index (Phi) is 3.92. The molecule has 1 aliphatic rings. The summed E-state index contributed by atoms with van der Waals surface area (Å²) in [4.78, 5) is 0. The fourth-order valence-corrected chi connectivity index (χ4v) is 4.35. The van der Waals surface area contributed by atoms with Gasteiger partial charge in [-0.1, -0.05) is 0 Å². The molecule has 1 aliphatic heterocycles. The molecule has 2 rings (SSSR count). The fraction of sp³-hybridized carbons (Fsp3) is 0.556. The summed E-state index contributed by atoms with van der Waals surface area (Å²) in [5.41, 5.74) is 0. The summed E-state index contributed by atoms with van der Waals surface area (Å²) < 4.78 is 41.8. The molecule has 0 saturated carbocycles. The van der Waals surface area contributed by atoms with E-state index in [1.165, 1.54) is 10.4 Å². The Labute approximate surface area is 107 Å². The molecule has 0 spiro atoms. The average Bonchev–Trinajstić information content (AvgIpc) is 2.78. The van der Waals surface area contributed by atoms with Gasteiger partial charge in [-0.2, -0.15) is 4.31 Å². The second-order valence-corrected chi connectivity index (χ2v) is 7.44. The molecule has 0 N–H and O–H groups in total. The van der Waals surface area contributed by atoms with Gasteiger partial charge in [0.25, 0.3) is 10.0 Å². The molecular formula is C9H12ClNO4S2. The molecule has 96 valence electrons. The molecule has 0 aliphatic carbocycles. The molecule has 0 amide bonds. The van der Waals surface area contributed by atoms with Crippen molar-refractivity contribution in [1.82, 2.24) is 4.31 Å². The summed E-state index contributed by atoms with van der Waals surface area (Å²) in [7, 11) is -4.51. The molecule has 17 heavy (non-hydrogen) atoms. The Morgan fingerprint density at radius 2 is 2.00 bits per heavy atom. The monoisotopic (exact) mass is 297 g/mol. The lowest BCUT2D eigenvalue weighted by molar-refractivity contribution is 0.383. The molecule has 0 radical (unpaired) electrons. The standard InChI is InChI=1S/C9H12ClNO4S2/c10-7-8-1-2-9(15-8)17(13,14)11-3-5-16(12)6-4-11/h1-2H,3-7H2. The lowest BCUT2D eigenvalue weighted by Gasteiger charge is -2.24. The van der Waals surface area contributed by atoms with E-state index in [0.29, 0.717) is 17.3 Å². The summed E-state index contributed by atoms with van der Waals surface area (Å²) in [6.07, 6.45) is 0. The topological polar surface area (TPSA) is 67.6 Å². The van der Waals surface area contributed by atoms with Crippen LogP contribution in [-0.2, 0) is 26.7 Å². The van der Waals surface area contributed by atoms with E-state index < -0.39 is 20.8 Å². The third-order valence-electron chi connectivity index (χ3n) is 2.50. The zero-order valence-corrected chi connectivity index (χ0v) is 11.4. The van der Waals surface area contributed by atoms with Crippen LogP contribution in [0.4, 0.5) is 0 Å². The van der Waals surface area contributed by atoms with Gasteiger partial charge in [0.1, 0.15) is 5.76 Å².